The molecule has 0 bridgehead atoms. The first-order valence-electron chi connectivity index (χ1n) is 24.1. The molecule has 0 aliphatic carbocycles. The molecule has 1 atom stereocenters. The van der Waals surface area contributed by atoms with Gasteiger partial charge in [0.05, 0.1) is 6.61 Å². The van der Waals surface area contributed by atoms with Gasteiger partial charge < -0.3 is 19.5 Å². The van der Waals surface area contributed by atoms with E-state index >= 15 is 0 Å². The van der Waals surface area contributed by atoms with Crippen LogP contribution in [-0.4, -0.2) is 60.9 Å². The van der Waals surface area contributed by atoms with Crippen LogP contribution >= 0.6 is 0 Å². The highest BCUT2D eigenvalue weighted by Crippen LogP contribution is 2.18. The van der Waals surface area contributed by atoms with Crippen LogP contribution in [-0.2, 0) is 19.1 Å². The lowest BCUT2D eigenvalue weighted by atomic mass is 10.0. The fourth-order valence-electron chi connectivity index (χ4n) is 7.37. The summed E-state index contributed by atoms with van der Waals surface area (Å²) in [6.07, 6.45) is 43.1. The average Bonchev–Trinajstić information content (AvgIpc) is 3.16. The zero-order chi connectivity index (χ0) is 40.0. The maximum Gasteiger partial charge on any atom is 0.306 e. The zero-order valence-electron chi connectivity index (χ0n) is 37.3. The maximum absolute atomic E-state index is 12.3. The fourth-order valence-corrected chi connectivity index (χ4v) is 7.37. The van der Waals surface area contributed by atoms with Crippen molar-refractivity contribution in [1.82, 2.24) is 4.90 Å². The van der Waals surface area contributed by atoms with Crippen molar-refractivity contribution < 1.29 is 24.2 Å². The molecular weight excluding hydrogens is 671 g/mol. The van der Waals surface area contributed by atoms with Crippen LogP contribution in [0.5, 0.6) is 0 Å². The second-order valence-electron chi connectivity index (χ2n) is 16.3. The molecule has 6 heteroatoms. The van der Waals surface area contributed by atoms with Crippen molar-refractivity contribution in [2.75, 3.05) is 26.2 Å². The van der Waals surface area contributed by atoms with Gasteiger partial charge >= 0.3 is 5.97 Å². The molecule has 0 fully saturated rings. The van der Waals surface area contributed by atoms with E-state index in [1.165, 1.54) is 173 Å². The minimum Gasteiger partial charge on any atom is -0.465 e. The first-order chi connectivity index (χ1) is 26.5. The molecule has 0 heterocycles. The molecular formula is C48H97NO5. The molecule has 0 amide bonds. The van der Waals surface area contributed by atoms with E-state index in [1.807, 2.05) is 0 Å². The third-order valence-electron chi connectivity index (χ3n) is 10.9. The van der Waals surface area contributed by atoms with E-state index in [9.17, 15) is 14.7 Å². The summed E-state index contributed by atoms with van der Waals surface area (Å²) in [4.78, 5) is 25.2. The minimum atomic E-state index is 0.0116. The number of aliphatic hydroxyl groups is 1. The van der Waals surface area contributed by atoms with Crippen molar-refractivity contribution in [3.63, 3.8) is 0 Å². The maximum atomic E-state index is 12.3. The summed E-state index contributed by atoms with van der Waals surface area (Å²) in [6, 6.07) is 0. The van der Waals surface area contributed by atoms with Crippen molar-refractivity contribution in [1.29, 1.82) is 0 Å². The third-order valence-corrected chi connectivity index (χ3v) is 10.9. The summed E-state index contributed by atoms with van der Waals surface area (Å²) in [6.45, 7) is 15.1. The van der Waals surface area contributed by atoms with Crippen LogP contribution in [0.25, 0.3) is 0 Å². The molecule has 0 aliphatic rings. The Morgan fingerprint density at radius 1 is 0.463 bits per heavy atom. The van der Waals surface area contributed by atoms with Crippen molar-refractivity contribution in [2.24, 2.45) is 0 Å². The Hall–Kier alpha value is -1.14. The highest BCUT2D eigenvalue weighted by molar-refractivity contribution is 5.69. The number of rotatable bonds is 43. The highest BCUT2D eigenvalue weighted by atomic mass is 16.5. The number of carbonyl (C=O) groups excluding carboxylic acids is 2. The standard InChI is InChI=1S/C30H61NO3.C18H36O2/c1-4-7-9-11-14-18-23-29(22-6-3)34-30(33)24-19-15-13-17-21-26-31(27-28-32)25-20-16-12-10-8-5-2;1-3-5-7-9-11-13-15-18(20-17-19)16-14-12-10-8-6-4-2/h29,32H,4-28H2,1-3H3;17-18H,3-16H2,1-2H3. The van der Waals surface area contributed by atoms with E-state index in [2.05, 4.69) is 39.5 Å². The third kappa shape index (κ3) is 43.6. The number of hydrogen-bond acceptors (Lipinski definition) is 6. The van der Waals surface area contributed by atoms with Gasteiger partial charge in [-0.2, -0.15) is 0 Å². The first kappa shape index (κ1) is 55.0. The van der Waals surface area contributed by atoms with Gasteiger partial charge in [-0.05, 0) is 77.3 Å². The molecule has 0 spiro atoms. The Balaban J connectivity index is 0. The number of ether oxygens (including phenoxy) is 2. The van der Waals surface area contributed by atoms with Crippen molar-refractivity contribution in [2.45, 2.75) is 272 Å². The molecule has 0 aromatic rings. The van der Waals surface area contributed by atoms with E-state index in [1.54, 1.807) is 0 Å². The second kappa shape index (κ2) is 48.0. The fraction of sp³-hybridized carbons (Fsp3) is 0.958. The molecule has 0 rings (SSSR count). The van der Waals surface area contributed by atoms with Crippen LogP contribution in [0.15, 0.2) is 0 Å². The van der Waals surface area contributed by atoms with Gasteiger partial charge in [0.25, 0.3) is 6.47 Å². The van der Waals surface area contributed by atoms with Gasteiger partial charge in [-0.25, -0.2) is 0 Å². The van der Waals surface area contributed by atoms with Gasteiger partial charge in [0.1, 0.15) is 12.2 Å². The lowest BCUT2D eigenvalue weighted by molar-refractivity contribution is -0.150. The largest absolute Gasteiger partial charge is 0.465 e. The Bertz CT molecular complexity index is 703. The summed E-state index contributed by atoms with van der Waals surface area (Å²) in [7, 11) is 0. The second-order valence-corrected chi connectivity index (χ2v) is 16.3. The molecule has 0 aromatic carbocycles. The summed E-state index contributed by atoms with van der Waals surface area (Å²) in [5.74, 6) is 0.0116. The quantitative estimate of drug-likeness (QED) is 0.0378. The molecule has 324 valence electrons. The Morgan fingerprint density at radius 2 is 0.833 bits per heavy atom. The average molecular weight is 768 g/mol. The number of aliphatic hydroxyl groups excluding tert-OH is 1. The van der Waals surface area contributed by atoms with Gasteiger partial charge in [-0.15, -0.1) is 0 Å². The van der Waals surface area contributed by atoms with E-state index < -0.39 is 0 Å². The van der Waals surface area contributed by atoms with Crippen LogP contribution in [0.1, 0.15) is 259 Å². The lowest BCUT2D eigenvalue weighted by Gasteiger charge is -2.21. The van der Waals surface area contributed by atoms with Gasteiger partial charge in [-0.1, -0.05) is 189 Å². The van der Waals surface area contributed by atoms with Crippen LogP contribution in [0, 0.1) is 0 Å². The Morgan fingerprint density at radius 3 is 1.22 bits per heavy atom. The predicted octanol–water partition coefficient (Wildman–Crippen LogP) is 14.5. The smallest absolute Gasteiger partial charge is 0.306 e. The Kier molecular flexibility index (Phi) is 48.9. The first-order valence-corrected chi connectivity index (χ1v) is 24.1. The molecule has 1 N–H and O–H groups in total. The van der Waals surface area contributed by atoms with Crippen LogP contribution < -0.4 is 0 Å². The SMILES string of the molecule is CCCCCCCCC(CCC)OC(=O)CCCCCCCN(CCO)CCCCCCCC.CCCCCCCCC(CCCCCCCC)OC=O. The van der Waals surface area contributed by atoms with Crippen molar-refractivity contribution in [3.05, 3.63) is 0 Å². The molecule has 54 heavy (non-hydrogen) atoms. The van der Waals surface area contributed by atoms with E-state index in [0.717, 1.165) is 64.6 Å². The summed E-state index contributed by atoms with van der Waals surface area (Å²) >= 11 is 0. The van der Waals surface area contributed by atoms with Crippen molar-refractivity contribution >= 4 is 12.4 Å². The molecule has 6 nitrogen and oxygen atoms in total. The normalized spacial score (nSPS) is 11.9. The van der Waals surface area contributed by atoms with Gasteiger partial charge in [0.2, 0.25) is 0 Å². The molecule has 0 radical (unpaired) electrons. The zero-order valence-corrected chi connectivity index (χ0v) is 37.3. The van der Waals surface area contributed by atoms with E-state index in [0.29, 0.717) is 12.9 Å². The summed E-state index contributed by atoms with van der Waals surface area (Å²) in [5.41, 5.74) is 0. The minimum absolute atomic E-state index is 0.0116. The lowest BCUT2D eigenvalue weighted by Crippen LogP contribution is -2.29. The van der Waals surface area contributed by atoms with Crippen LogP contribution in [0.2, 0.25) is 0 Å². The van der Waals surface area contributed by atoms with Gasteiger partial charge in [0.15, 0.2) is 0 Å². The monoisotopic (exact) mass is 768 g/mol. The number of unbranched alkanes of at least 4 members (excludes halogenated alkanes) is 24. The van der Waals surface area contributed by atoms with Crippen LogP contribution in [0.3, 0.4) is 0 Å². The van der Waals surface area contributed by atoms with Crippen molar-refractivity contribution in [3.8, 4) is 0 Å². The number of carbonyl (C=O) groups is 2. The highest BCUT2D eigenvalue weighted by Gasteiger charge is 2.13. The summed E-state index contributed by atoms with van der Waals surface area (Å²) in [5, 5.41) is 9.34. The topological polar surface area (TPSA) is 76.1 Å². The van der Waals surface area contributed by atoms with Gasteiger partial charge in [0, 0.05) is 13.0 Å². The van der Waals surface area contributed by atoms with E-state index in [4.69, 9.17) is 9.47 Å². The number of nitrogens with zero attached hydrogens (tertiary/aromatic N) is 1. The van der Waals surface area contributed by atoms with E-state index in [-0.39, 0.29) is 24.8 Å². The molecule has 1 unspecified atom stereocenters. The van der Waals surface area contributed by atoms with Gasteiger partial charge in [-0.3, -0.25) is 9.59 Å². The van der Waals surface area contributed by atoms with Crippen LogP contribution in [0.4, 0.5) is 0 Å². The molecule has 0 saturated carbocycles. The molecule has 0 saturated heterocycles. The molecule has 0 aromatic heterocycles. The predicted molar refractivity (Wildman–Crippen MR) is 234 cm³/mol. The molecule has 0 aliphatic heterocycles. The summed E-state index contributed by atoms with van der Waals surface area (Å²) < 4.78 is 11.0. The number of esters is 1. The number of hydrogen-bond donors (Lipinski definition) is 1. The Labute approximate surface area is 338 Å².